The molecule has 21 heavy (non-hydrogen) atoms. The van der Waals surface area contributed by atoms with Gasteiger partial charge in [-0.15, -0.1) is 13.2 Å². The van der Waals surface area contributed by atoms with E-state index in [4.69, 9.17) is 11.6 Å². The van der Waals surface area contributed by atoms with Crippen LogP contribution in [-0.2, 0) is 0 Å². The summed E-state index contributed by atoms with van der Waals surface area (Å²) in [5, 5.41) is 11.2. The molecule has 0 aromatic heterocycles. The molecule has 0 atom stereocenters. The summed E-state index contributed by atoms with van der Waals surface area (Å²) in [4.78, 5) is 10.4. The highest BCUT2D eigenvalue weighted by molar-refractivity contribution is 6.30. The van der Waals surface area contributed by atoms with Crippen molar-refractivity contribution in [1.29, 1.82) is 0 Å². The van der Waals surface area contributed by atoms with Crippen LogP contribution in [0.3, 0.4) is 0 Å². The molecule has 0 aliphatic heterocycles. The maximum absolute atomic E-state index is 12.1. The van der Waals surface area contributed by atoms with Crippen molar-refractivity contribution in [3.63, 3.8) is 0 Å². The van der Waals surface area contributed by atoms with Crippen molar-refractivity contribution in [1.82, 2.24) is 0 Å². The van der Waals surface area contributed by atoms with E-state index in [2.05, 4.69) is 4.74 Å². The van der Waals surface area contributed by atoms with Crippen LogP contribution in [0.25, 0.3) is 11.1 Å². The Morgan fingerprint density at radius 3 is 2.24 bits per heavy atom. The van der Waals surface area contributed by atoms with Gasteiger partial charge in [0.25, 0.3) is 5.69 Å². The molecular weight excluding hydrogens is 311 g/mol. The fraction of sp³-hybridized carbons (Fsp3) is 0.0769. The highest BCUT2D eigenvalue weighted by Crippen LogP contribution is 2.33. The summed E-state index contributed by atoms with van der Waals surface area (Å²) in [5.41, 5.74) is 0.405. The van der Waals surface area contributed by atoms with Crippen LogP contribution in [0.5, 0.6) is 5.75 Å². The monoisotopic (exact) mass is 317 g/mol. The van der Waals surface area contributed by atoms with E-state index in [1.165, 1.54) is 30.3 Å². The molecule has 4 nitrogen and oxygen atoms in total. The summed E-state index contributed by atoms with van der Waals surface area (Å²) in [6, 6.07) is 8.85. The van der Waals surface area contributed by atoms with Gasteiger partial charge < -0.3 is 4.74 Å². The van der Waals surface area contributed by atoms with Crippen molar-refractivity contribution in [2.75, 3.05) is 0 Å². The van der Waals surface area contributed by atoms with E-state index in [0.29, 0.717) is 5.56 Å². The molecule has 0 bridgehead atoms. The van der Waals surface area contributed by atoms with Crippen LogP contribution in [0.4, 0.5) is 18.9 Å². The zero-order chi connectivity index (χ0) is 15.6. The molecule has 2 rings (SSSR count). The second-order valence-electron chi connectivity index (χ2n) is 3.99. The molecule has 0 unspecified atom stereocenters. The summed E-state index contributed by atoms with van der Waals surface area (Å²) in [7, 11) is 0. The minimum atomic E-state index is -4.78. The second-order valence-corrected chi connectivity index (χ2v) is 4.43. The first-order valence-electron chi connectivity index (χ1n) is 5.56. The Morgan fingerprint density at radius 2 is 1.71 bits per heavy atom. The Hall–Kier alpha value is -2.28. The van der Waals surface area contributed by atoms with Gasteiger partial charge in [-0.25, -0.2) is 0 Å². The fourth-order valence-corrected chi connectivity index (χ4v) is 1.90. The zero-order valence-corrected chi connectivity index (χ0v) is 11.0. The Bertz CT molecular complexity index is 671. The van der Waals surface area contributed by atoms with Crippen LogP contribution in [0.2, 0.25) is 5.02 Å². The summed E-state index contributed by atoms with van der Waals surface area (Å²) in [5.74, 6) is -0.400. The normalized spacial score (nSPS) is 11.2. The Morgan fingerprint density at radius 1 is 1.10 bits per heavy atom. The minimum Gasteiger partial charge on any atom is -0.406 e. The van der Waals surface area contributed by atoms with Crippen LogP contribution in [-0.4, -0.2) is 11.3 Å². The van der Waals surface area contributed by atoms with Crippen LogP contribution < -0.4 is 4.74 Å². The minimum absolute atomic E-state index is 0.197. The van der Waals surface area contributed by atoms with Gasteiger partial charge in [0.2, 0.25) is 0 Å². The molecule has 2 aromatic carbocycles. The predicted molar refractivity (Wildman–Crippen MR) is 70.2 cm³/mol. The topological polar surface area (TPSA) is 52.4 Å². The third-order valence-corrected chi connectivity index (χ3v) is 2.79. The molecule has 0 fully saturated rings. The molecule has 0 spiro atoms. The molecule has 0 aliphatic carbocycles. The number of nitro groups is 1. The van der Waals surface area contributed by atoms with Gasteiger partial charge in [-0.05, 0) is 29.8 Å². The lowest BCUT2D eigenvalue weighted by Gasteiger charge is -2.09. The molecular formula is C13H7ClF3NO3. The lowest BCUT2D eigenvalue weighted by atomic mass is 10.0. The molecule has 0 N–H and O–H groups in total. The lowest BCUT2D eigenvalue weighted by Crippen LogP contribution is -2.16. The lowest BCUT2D eigenvalue weighted by molar-refractivity contribution is -0.384. The number of halogens is 4. The number of hydrogen-bond acceptors (Lipinski definition) is 3. The van der Waals surface area contributed by atoms with Gasteiger partial charge in [-0.1, -0.05) is 23.7 Å². The van der Waals surface area contributed by atoms with E-state index < -0.39 is 17.0 Å². The summed E-state index contributed by atoms with van der Waals surface area (Å²) >= 11 is 5.70. The van der Waals surface area contributed by atoms with Gasteiger partial charge in [0.1, 0.15) is 5.75 Å². The SMILES string of the molecule is O=[N+]([O-])c1cc(Cl)ccc1-c1ccc(OC(F)(F)F)cc1. The predicted octanol–water partition coefficient (Wildman–Crippen LogP) is 4.81. The van der Waals surface area contributed by atoms with Crippen molar-refractivity contribution < 1.29 is 22.8 Å². The van der Waals surface area contributed by atoms with E-state index in [1.807, 2.05) is 0 Å². The van der Waals surface area contributed by atoms with Crippen molar-refractivity contribution in [3.05, 3.63) is 57.6 Å². The van der Waals surface area contributed by atoms with Crippen molar-refractivity contribution >= 4 is 17.3 Å². The first-order valence-corrected chi connectivity index (χ1v) is 5.94. The number of rotatable bonds is 3. The zero-order valence-electron chi connectivity index (χ0n) is 10.2. The maximum Gasteiger partial charge on any atom is 0.573 e. The number of nitrogens with zero attached hydrogens (tertiary/aromatic N) is 1. The number of ether oxygens (including phenoxy) is 1. The second kappa shape index (κ2) is 5.61. The largest absolute Gasteiger partial charge is 0.573 e. The highest BCUT2D eigenvalue weighted by atomic mass is 35.5. The van der Waals surface area contributed by atoms with Crippen LogP contribution in [0, 0.1) is 10.1 Å². The van der Waals surface area contributed by atoms with Gasteiger partial charge in [-0.2, -0.15) is 0 Å². The number of benzene rings is 2. The molecule has 0 radical (unpaired) electrons. The molecule has 0 aliphatic rings. The van der Waals surface area contributed by atoms with Crippen LogP contribution in [0.15, 0.2) is 42.5 Å². The summed E-state index contributed by atoms with van der Waals surface area (Å²) < 4.78 is 39.9. The van der Waals surface area contributed by atoms with Crippen molar-refractivity contribution in [2.45, 2.75) is 6.36 Å². The first-order chi connectivity index (χ1) is 9.76. The first kappa shape index (κ1) is 15.1. The van der Waals surface area contributed by atoms with E-state index in [-0.39, 0.29) is 16.3 Å². The van der Waals surface area contributed by atoms with Gasteiger partial charge >= 0.3 is 6.36 Å². The maximum atomic E-state index is 12.1. The van der Waals surface area contributed by atoms with E-state index in [9.17, 15) is 23.3 Å². The Kier molecular flexibility index (Phi) is 4.04. The average Bonchev–Trinajstić information content (AvgIpc) is 2.38. The molecule has 2 aromatic rings. The molecule has 110 valence electrons. The fourth-order valence-electron chi connectivity index (χ4n) is 1.74. The molecule has 0 heterocycles. The molecule has 0 saturated heterocycles. The van der Waals surface area contributed by atoms with Crippen LogP contribution >= 0.6 is 11.6 Å². The Labute approximate surface area is 121 Å². The molecule has 0 saturated carbocycles. The van der Waals surface area contributed by atoms with Crippen molar-refractivity contribution in [3.8, 4) is 16.9 Å². The van der Waals surface area contributed by atoms with Crippen molar-refractivity contribution in [2.24, 2.45) is 0 Å². The van der Waals surface area contributed by atoms with E-state index in [1.54, 1.807) is 0 Å². The van der Waals surface area contributed by atoms with E-state index >= 15 is 0 Å². The van der Waals surface area contributed by atoms with Gasteiger partial charge in [0, 0.05) is 11.1 Å². The molecule has 0 amide bonds. The van der Waals surface area contributed by atoms with Gasteiger partial charge in [-0.3, -0.25) is 10.1 Å². The standard InChI is InChI=1S/C13H7ClF3NO3/c14-9-3-6-11(12(7-9)18(19)20)8-1-4-10(5-2-8)21-13(15,16)17/h1-7H. The number of hydrogen-bond donors (Lipinski definition) is 0. The molecule has 8 heteroatoms. The van der Waals surface area contributed by atoms with Gasteiger partial charge in [0.05, 0.1) is 10.5 Å². The van der Waals surface area contributed by atoms with Crippen LogP contribution in [0.1, 0.15) is 0 Å². The number of alkyl halides is 3. The third-order valence-electron chi connectivity index (χ3n) is 2.56. The third kappa shape index (κ3) is 3.85. The van der Waals surface area contributed by atoms with E-state index in [0.717, 1.165) is 12.1 Å². The Balaban J connectivity index is 2.37. The smallest absolute Gasteiger partial charge is 0.406 e. The number of nitro benzene ring substituents is 1. The summed E-state index contributed by atoms with van der Waals surface area (Å²) in [6.07, 6.45) is -4.78. The summed E-state index contributed by atoms with van der Waals surface area (Å²) in [6.45, 7) is 0. The highest BCUT2D eigenvalue weighted by Gasteiger charge is 2.31. The van der Waals surface area contributed by atoms with Gasteiger partial charge in [0.15, 0.2) is 0 Å². The average molecular weight is 318 g/mol. The quantitative estimate of drug-likeness (QED) is 0.602.